The van der Waals surface area contributed by atoms with Gasteiger partial charge in [-0.2, -0.15) is 0 Å². The minimum atomic E-state index is 0.834. The van der Waals surface area contributed by atoms with Gasteiger partial charge in [-0.05, 0) is 35.7 Å². The lowest BCUT2D eigenvalue weighted by Crippen LogP contribution is -1.96. The van der Waals surface area contributed by atoms with Crippen LogP contribution in [0.5, 0.6) is 0 Å². The van der Waals surface area contributed by atoms with Gasteiger partial charge in [0.25, 0.3) is 0 Å². The highest BCUT2D eigenvalue weighted by Crippen LogP contribution is 2.27. The van der Waals surface area contributed by atoms with Gasteiger partial charge in [0, 0.05) is 17.7 Å². The Morgan fingerprint density at radius 1 is 0.615 bits per heavy atom. The van der Waals surface area contributed by atoms with E-state index in [-0.39, 0.29) is 0 Å². The normalized spacial score (nSPS) is 10.7. The molecule has 0 unspecified atom stereocenters. The van der Waals surface area contributed by atoms with Crippen molar-refractivity contribution in [2.45, 2.75) is 13.3 Å². The second-order valence-electron chi connectivity index (χ2n) is 6.63. The molecule has 0 fully saturated rings. The van der Waals surface area contributed by atoms with Crippen molar-refractivity contribution in [1.29, 1.82) is 0 Å². The molecule has 0 N–H and O–H groups in total. The van der Waals surface area contributed by atoms with Crippen molar-refractivity contribution in [3.05, 3.63) is 114 Å². The predicted molar refractivity (Wildman–Crippen MR) is 109 cm³/mol. The van der Waals surface area contributed by atoms with Crippen molar-refractivity contribution < 1.29 is 0 Å². The Balaban J connectivity index is 1.78. The zero-order valence-corrected chi connectivity index (χ0v) is 14.9. The van der Waals surface area contributed by atoms with Crippen LogP contribution in [0.4, 0.5) is 0 Å². The van der Waals surface area contributed by atoms with Gasteiger partial charge in [-0.1, -0.05) is 90.5 Å². The maximum absolute atomic E-state index is 4.95. The highest BCUT2D eigenvalue weighted by Gasteiger charge is 2.08. The van der Waals surface area contributed by atoms with Crippen LogP contribution >= 0.6 is 0 Å². The SMILES string of the molecule is Cc1ccc(Cc2cc(-c3ccccc3)cc(-c3ccccc3)n2)cc1. The van der Waals surface area contributed by atoms with Crippen molar-refractivity contribution in [3.63, 3.8) is 0 Å². The number of hydrogen-bond donors (Lipinski definition) is 0. The molecule has 4 aromatic rings. The van der Waals surface area contributed by atoms with Crippen LogP contribution < -0.4 is 0 Å². The summed E-state index contributed by atoms with van der Waals surface area (Å²) in [6.45, 7) is 2.12. The summed E-state index contributed by atoms with van der Waals surface area (Å²) in [4.78, 5) is 4.95. The summed E-state index contributed by atoms with van der Waals surface area (Å²) in [6.07, 6.45) is 0.834. The van der Waals surface area contributed by atoms with Gasteiger partial charge in [0.05, 0.1) is 5.69 Å². The van der Waals surface area contributed by atoms with E-state index in [1.807, 2.05) is 6.07 Å². The van der Waals surface area contributed by atoms with Crippen molar-refractivity contribution in [3.8, 4) is 22.4 Å². The molecule has 1 nitrogen and oxygen atoms in total. The number of aryl methyl sites for hydroxylation is 1. The number of rotatable bonds is 4. The fourth-order valence-corrected chi connectivity index (χ4v) is 3.15. The molecule has 0 spiro atoms. The first kappa shape index (κ1) is 16.3. The first-order chi connectivity index (χ1) is 12.8. The zero-order valence-electron chi connectivity index (χ0n) is 14.9. The predicted octanol–water partition coefficient (Wildman–Crippen LogP) is 6.31. The molecule has 126 valence electrons. The molecular formula is C25H21N. The Bertz CT molecular complexity index is 929. The second-order valence-corrected chi connectivity index (χ2v) is 6.63. The number of pyridine rings is 1. The lowest BCUT2D eigenvalue weighted by atomic mass is 10.00. The van der Waals surface area contributed by atoms with E-state index in [2.05, 4.69) is 97.9 Å². The fourth-order valence-electron chi connectivity index (χ4n) is 3.15. The Morgan fingerprint density at radius 2 is 1.23 bits per heavy atom. The van der Waals surface area contributed by atoms with Crippen LogP contribution in [0.15, 0.2) is 97.1 Å². The summed E-state index contributed by atoms with van der Waals surface area (Å²) in [7, 11) is 0. The van der Waals surface area contributed by atoms with E-state index in [9.17, 15) is 0 Å². The molecule has 0 aliphatic heterocycles. The second kappa shape index (κ2) is 7.37. The number of aromatic nitrogens is 1. The third-order valence-corrected chi connectivity index (χ3v) is 4.56. The number of nitrogens with zero attached hydrogens (tertiary/aromatic N) is 1. The molecule has 26 heavy (non-hydrogen) atoms. The lowest BCUT2D eigenvalue weighted by molar-refractivity contribution is 1.08. The van der Waals surface area contributed by atoms with Crippen LogP contribution in [-0.2, 0) is 6.42 Å². The maximum Gasteiger partial charge on any atom is 0.0711 e. The first-order valence-corrected chi connectivity index (χ1v) is 8.95. The molecule has 0 aliphatic rings. The average molecular weight is 335 g/mol. The number of benzene rings is 3. The van der Waals surface area contributed by atoms with Crippen molar-refractivity contribution >= 4 is 0 Å². The highest BCUT2D eigenvalue weighted by atomic mass is 14.7. The van der Waals surface area contributed by atoms with E-state index in [1.165, 1.54) is 22.3 Å². The van der Waals surface area contributed by atoms with Crippen LogP contribution in [0, 0.1) is 6.92 Å². The summed E-state index contributed by atoms with van der Waals surface area (Å²) in [5, 5.41) is 0. The summed E-state index contributed by atoms with van der Waals surface area (Å²) in [6, 6.07) is 34.0. The van der Waals surface area contributed by atoms with E-state index >= 15 is 0 Å². The average Bonchev–Trinajstić information content (AvgIpc) is 2.71. The summed E-state index contributed by atoms with van der Waals surface area (Å²) in [5.74, 6) is 0. The molecule has 3 aromatic carbocycles. The van der Waals surface area contributed by atoms with E-state index < -0.39 is 0 Å². The standard InChI is InChI=1S/C25H21N/c1-19-12-14-20(15-13-19)16-24-17-23(21-8-4-2-5-9-21)18-25(26-24)22-10-6-3-7-11-22/h2-15,17-18H,16H2,1H3. The molecule has 0 saturated carbocycles. The lowest BCUT2D eigenvalue weighted by Gasteiger charge is -2.10. The van der Waals surface area contributed by atoms with Gasteiger partial charge in [0.15, 0.2) is 0 Å². The number of hydrogen-bond acceptors (Lipinski definition) is 1. The quantitative estimate of drug-likeness (QED) is 0.425. The molecule has 1 heterocycles. The molecule has 0 atom stereocenters. The maximum atomic E-state index is 4.95. The topological polar surface area (TPSA) is 12.9 Å². The zero-order chi connectivity index (χ0) is 17.8. The molecule has 0 bridgehead atoms. The van der Waals surface area contributed by atoms with Crippen molar-refractivity contribution in [2.75, 3.05) is 0 Å². The minimum Gasteiger partial charge on any atom is -0.252 e. The Hall–Kier alpha value is -3.19. The molecule has 0 saturated heterocycles. The summed E-state index contributed by atoms with van der Waals surface area (Å²) >= 11 is 0. The molecule has 0 aliphatic carbocycles. The third kappa shape index (κ3) is 3.73. The third-order valence-electron chi connectivity index (χ3n) is 4.56. The molecule has 0 radical (unpaired) electrons. The van der Waals surface area contributed by atoms with Gasteiger partial charge in [0.1, 0.15) is 0 Å². The van der Waals surface area contributed by atoms with Crippen LogP contribution in [0.1, 0.15) is 16.8 Å². The molecule has 0 amide bonds. The van der Waals surface area contributed by atoms with E-state index in [4.69, 9.17) is 4.98 Å². The van der Waals surface area contributed by atoms with Crippen LogP contribution in [0.3, 0.4) is 0 Å². The van der Waals surface area contributed by atoms with Crippen LogP contribution in [-0.4, -0.2) is 4.98 Å². The molecule has 1 heteroatoms. The Kier molecular flexibility index (Phi) is 4.61. The van der Waals surface area contributed by atoms with Gasteiger partial charge >= 0.3 is 0 Å². The Morgan fingerprint density at radius 3 is 1.88 bits per heavy atom. The van der Waals surface area contributed by atoms with Gasteiger partial charge in [-0.15, -0.1) is 0 Å². The smallest absolute Gasteiger partial charge is 0.0711 e. The largest absolute Gasteiger partial charge is 0.252 e. The van der Waals surface area contributed by atoms with Crippen molar-refractivity contribution in [1.82, 2.24) is 4.98 Å². The van der Waals surface area contributed by atoms with Gasteiger partial charge < -0.3 is 0 Å². The van der Waals surface area contributed by atoms with E-state index in [0.717, 1.165) is 23.4 Å². The van der Waals surface area contributed by atoms with E-state index in [1.54, 1.807) is 0 Å². The van der Waals surface area contributed by atoms with Gasteiger partial charge in [-0.25, -0.2) is 0 Å². The fraction of sp³-hybridized carbons (Fsp3) is 0.0800. The highest BCUT2D eigenvalue weighted by molar-refractivity contribution is 5.71. The van der Waals surface area contributed by atoms with Gasteiger partial charge in [-0.3, -0.25) is 4.98 Å². The summed E-state index contributed by atoms with van der Waals surface area (Å²) in [5.41, 5.74) is 8.26. The molecule has 4 rings (SSSR count). The minimum absolute atomic E-state index is 0.834. The monoisotopic (exact) mass is 335 g/mol. The molecule has 1 aromatic heterocycles. The van der Waals surface area contributed by atoms with Crippen LogP contribution in [0.25, 0.3) is 22.4 Å². The van der Waals surface area contributed by atoms with E-state index in [0.29, 0.717) is 0 Å². The molecular weight excluding hydrogens is 314 g/mol. The Labute approximate surface area is 155 Å². The first-order valence-electron chi connectivity index (χ1n) is 8.95. The summed E-state index contributed by atoms with van der Waals surface area (Å²) < 4.78 is 0. The van der Waals surface area contributed by atoms with Gasteiger partial charge in [0.2, 0.25) is 0 Å². The van der Waals surface area contributed by atoms with Crippen LogP contribution in [0.2, 0.25) is 0 Å². The van der Waals surface area contributed by atoms with Crippen molar-refractivity contribution in [2.24, 2.45) is 0 Å².